The Balaban J connectivity index is 2.31. The van der Waals surface area contributed by atoms with Crippen molar-refractivity contribution in [2.75, 3.05) is 14.2 Å². The fraction of sp³-hybridized carbons (Fsp3) is 0.333. The molecule has 2 rings (SSSR count). The van der Waals surface area contributed by atoms with Crippen LogP contribution < -0.4 is 4.74 Å². The summed E-state index contributed by atoms with van der Waals surface area (Å²) in [5, 5.41) is 13.6. The lowest BCUT2D eigenvalue weighted by atomic mass is 10.0. The Bertz CT molecular complexity index is 672. The first kappa shape index (κ1) is 16.0. The highest BCUT2D eigenvalue weighted by Crippen LogP contribution is 2.30. The SMILES string of the molecule is COc1cc(F)ccc1[C@H](C(=O)O)N(C)Cc1cnn(C)c1. The number of aryl methyl sites for hydroxylation is 1. The molecule has 1 N–H and O–H groups in total. The molecule has 0 fully saturated rings. The monoisotopic (exact) mass is 307 g/mol. The summed E-state index contributed by atoms with van der Waals surface area (Å²) in [4.78, 5) is 13.3. The number of rotatable bonds is 6. The van der Waals surface area contributed by atoms with Crippen molar-refractivity contribution < 1.29 is 19.0 Å². The molecule has 1 atom stereocenters. The smallest absolute Gasteiger partial charge is 0.325 e. The number of methoxy groups -OCH3 is 1. The Kier molecular flexibility index (Phi) is 4.77. The van der Waals surface area contributed by atoms with Gasteiger partial charge in [0.25, 0.3) is 0 Å². The molecule has 0 aliphatic rings. The Hall–Kier alpha value is -2.41. The van der Waals surface area contributed by atoms with E-state index in [9.17, 15) is 14.3 Å². The van der Waals surface area contributed by atoms with Gasteiger partial charge in [-0.2, -0.15) is 5.10 Å². The van der Waals surface area contributed by atoms with Crippen LogP contribution in [-0.2, 0) is 18.4 Å². The van der Waals surface area contributed by atoms with E-state index < -0.39 is 17.8 Å². The zero-order valence-electron chi connectivity index (χ0n) is 12.7. The van der Waals surface area contributed by atoms with E-state index in [-0.39, 0.29) is 5.75 Å². The molecule has 2 aromatic rings. The van der Waals surface area contributed by atoms with Crippen LogP contribution in [0.1, 0.15) is 17.2 Å². The van der Waals surface area contributed by atoms with Gasteiger partial charge in [0.1, 0.15) is 17.6 Å². The summed E-state index contributed by atoms with van der Waals surface area (Å²) in [5.41, 5.74) is 1.29. The van der Waals surface area contributed by atoms with E-state index >= 15 is 0 Å². The van der Waals surface area contributed by atoms with Gasteiger partial charge in [-0.15, -0.1) is 0 Å². The maximum absolute atomic E-state index is 13.3. The molecule has 0 saturated heterocycles. The third-order valence-electron chi connectivity index (χ3n) is 3.36. The molecule has 7 heteroatoms. The fourth-order valence-electron chi connectivity index (χ4n) is 2.40. The molecular formula is C15H18FN3O3. The van der Waals surface area contributed by atoms with Crippen LogP contribution in [0.2, 0.25) is 0 Å². The molecule has 6 nitrogen and oxygen atoms in total. The average molecular weight is 307 g/mol. The Morgan fingerprint density at radius 3 is 2.82 bits per heavy atom. The highest BCUT2D eigenvalue weighted by atomic mass is 19.1. The Labute approximate surface area is 127 Å². The van der Waals surface area contributed by atoms with Crippen molar-refractivity contribution in [2.24, 2.45) is 7.05 Å². The van der Waals surface area contributed by atoms with Crippen LogP contribution in [0, 0.1) is 5.82 Å². The predicted molar refractivity (Wildman–Crippen MR) is 78.0 cm³/mol. The van der Waals surface area contributed by atoms with Gasteiger partial charge in [-0.25, -0.2) is 4.39 Å². The van der Waals surface area contributed by atoms with Crippen molar-refractivity contribution in [1.29, 1.82) is 0 Å². The molecule has 0 amide bonds. The van der Waals surface area contributed by atoms with Crippen molar-refractivity contribution in [3.63, 3.8) is 0 Å². The van der Waals surface area contributed by atoms with E-state index in [2.05, 4.69) is 5.10 Å². The number of aromatic nitrogens is 2. The van der Waals surface area contributed by atoms with Gasteiger partial charge in [-0.05, 0) is 13.1 Å². The Morgan fingerprint density at radius 2 is 2.27 bits per heavy atom. The summed E-state index contributed by atoms with van der Waals surface area (Å²) >= 11 is 0. The number of aliphatic carboxylic acids is 1. The summed E-state index contributed by atoms with van der Waals surface area (Å²) < 4.78 is 20.1. The van der Waals surface area contributed by atoms with Crippen LogP contribution in [0.15, 0.2) is 30.6 Å². The van der Waals surface area contributed by atoms with Crippen molar-refractivity contribution in [2.45, 2.75) is 12.6 Å². The van der Waals surface area contributed by atoms with Gasteiger partial charge in [0.05, 0.1) is 13.3 Å². The Morgan fingerprint density at radius 1 is 1.55 bits per heavy atom. The van der Waals surface area contributed by atoms with Gasteiger partial charge in [0, 0.05) is 37.0 Å². The summed E-state index contributed by atoms with van der Waals surface area (Å²) in [6.45, 7) is 0.394. The molecule has 22 heavy (non-hydrogen) atoms. The number of carboxylic acids is 1. The maximum atomic E-state index is 13.3. The minimum atomic E-state index is -1.03. The van der Waals surface area contributed by atoms with E-state index in [1.807, 2.05) is 6.20 Å². The first-order valence-electron chi connectivity index (χ1n) is 6.66. The van der Waals surface area contributed by atoms with Gasteiger partial charge >= 0.3 is 5.97 Å². The minimum Gasteiger partial charge on any atom is -0.496 e. The molecule has 0 saturated carbocycles. The van der Waals surface area contributed by atoms with Crippen molar-refractivity contribution >= 4 is 5.97 Å². The predicted octanol–water partition coefficient (Wildman–Crippen LogP) is 1.83. The molecule has 0 bridgehead atoms. The van der Waals surface area contributed by atoms with Crippen LogP contribution in [0.4, 0.5) is 4.39 Å². The zero-order valence-corrected chi connectivity index (χ0v) is 12.7. The van der Waals surface area contributed by atoms with Gasteiger partial charge in [-0.1, -0.05) is 6.07 Å². The molecule has 1 heterocycles. The minimum absolute atomic E-state index is 0.213. The molecule has 0 spiro atoms. The number of benzene rings is 1. The summed E-state index contributed by atoms with van der Waals surface area (Å²) in [7, 11) is 4.87. The molecular weight excluding hydrogens is 289 g/mol. The number of nitrogens with zero attached hydrogens (tertiary/aromatic N) is 3. The lowest BCUT2D eigenvalue weighted by Crippen LogP contribution is -2.30. The van der Waals surface area contributed by atoms with Crippen LogP contribution >= 0.6 is 0 Å². The molecule has 118 valence electrons. The van der Waals surface area contributed by atoms with Crippen LogP contribution in [0.3, 0.4) is 0 Å². The standard InChI is InChI=1S/C15H18FN3O3/c1-18(8-10-7-17-19(2)9-10)14(15(20)21)12-5-4-11(16)6-13(12)22-3/h4-7,9,14H,8H2,1-3H3,(H,20,21)/t14-/m1/s1. The van der Waals surface area contributed by atoms with E-state index in [0.717, 1.165) is 5.56 Å². The fourth-order valence-corrected chi connectivity index (χ4v) is 2.40. The topological polar surface area (TPSA) is 67.6 Å². The van der Waals surface area contributed by atoms with Gasteiger partial charge < -0.3 is 9.84 Å². The number of likely N-dealkylation sites (N-methyl/N-ethyl adjacent to an activating group) is 1. The second kappa shape index (κ2) is 6.57. The molecule has 0 unspecified atom stereocenters. The number of carboxylic acid groups (broad SMARTS) is 1. The molecule has 0 aliphatic heterocycles. The van der Waals surface area contributed by atoms with Crippen molar-refractivity contribution in [3.05, 3.63) is 47.5 Å². The lowest BCUT2D eigenvalue weighted by molar-refractivity contribution is -0.143. The number of hydrogen-bond acceptors (Lipinski definition) is 4. The first-order valence-corrected chi connectivity index (χ1v) is 6.66. The van der Waals surface area contributed by atoms with Crippen LogP contribution in [0.25, 0.3) is 0 Å². The van der Waals surface area contributed by atoms with Crippen LogP contribution in [0.5, 0.6) is 5.75 Å². The summed E-state index contributed by atoms with van der Waals surface area (Å²) in [6.07, 6.45) is 3.49. The third kappa shape index (κ3) is 3.43. The van der Waals surface area contributed by atoms with Gasteiger partial charge in [0.15, 0.2) is 0 Å². The first-order chi connectivity index (χ1) is 10.4. The number of carbonyl (C=O) groups is 1. The van der Waals surface area contributed by atoms with Gasteiger partial charge in [-0.3, -0.25) is 14.4 Å². The number of halogens is 1. The third-order valence-corrected chi connectivity index (χ3v) is 3.36. The highest BCUT2D eigenvalue weighted by Gasteiger charge is 2.28. The summed E-state index contributed by atoms with van der Waals surface area (Å²) in [5.74, 6) is -1.29. The second-order valence-corrected chi connectivity index (χ2v) is 5.06. The average Bonchev–Trinajstić information content (AvgIpc) is 2.85. The van der Waals surface area contributed by atoms with Crippen LogP contribution in [-0.4, -0.2) is 39.9 Å². The van der Waals surface area contributed by atoms with Crippen molar-refractivity contribution in [1.82, 2.24) is 14.7 Å². The van der Waals surface area contributed by atoms with E-state index in [0.29, 0.717) is 12.1 Å². The molecule has 1 aromatic carbocycles. The van der Waals surface area contributed by atoms with E-state index in [4.69, 9.17) is 4.74 Å². The van der Waals surface area contributed by atoms with E-state index in [1.165, 1.54) is 25.3 Å². The molecule has 1 aromatic heterocycles. The number of ether oxygens (including phenoxy) is 1. The van der Waals surface area contributed by atoms with E-state index in [1.54, 1.807) is 29.9 Å². The zero-order chi connectivity index (χ0) is 16.3. The highest BCUT2D eigenvalue weighted by molar-refractivity contribution is 5.76. The summed E-state index contributed by atoms with van der Waals surface area (Å²) in [6, 6.07) is 2.90. The largest absolute Gasteiger partial charge is 0.496 e. The maximum Gasteiger partial charge on any atom is 0.325 e. The molecule has 0 radical (unpaired) electrons. The normalized spacial score (nSPS) is 12.4. The van der Waals surface area contributed by atoms with Gasteiger partial charge in [0.2, 0.25) is 0 Å². The molecule has 0 aliphatic carbocycles. The quantitative estimate of drug-likeness (QED) is 0.882. The lowest BCUT2D eigenvalue weighted by Gasteiger charge is -2.25. The number of hydrogen-bond donors (Lipinski definition) is 1. The van der Waals surface area contributed by atoms with Crippen molar-refractivity contribution in [3.8, 4) is 5.75 Å². The second-order valence-electron chi connectivity index (χ2n) is 5.06.